The maximum absolute atomic E-state index is 9.10. The SMILES string of the molecule is CC1=C(C=Cc2cccc(CCCN)c2)C(C)(C)CCC1.O=C(O)C(=O)O. The number of carboxylic acid groups (broad SMARTS) is 2. The predicted octanol–water partition coefficient (Wildman–Crippen LogP) is 4.27. The van der Waals surface area contributed by atoms with Crippen molar-refractivity contribution in [1.29, 1.82) is 0 Å². The van der Waals surface area contributed by atoms with Crippen LogP contribution in [-0.2, 0) is 16.0 Å². The zero-order valence-electron chi connectivity index (χ0n) is 16.5. The van der Waals surface area contributed by atoms with Crippen molar-refractivity contribution in [1.82, 2.24) is 0 Å². The third-order valence-electron chi connectivity index (χ3n) is 4.79. The van der Waals surface area contributed by atoms with E-state index in [1.165, 1.54) is 36.0 Å². The van der Waals surface area contributed by atoms with E-state index in [1.807, 2.05) is 0 Å². The van der Waals surface area contributed by atoms with Crippen LogP contribution in [-0.4, -0.2) is 28.7 Å². The number of hydrogen-bond acceptors (Lipinski definition) is 3. The van der Waals surface area contributed by atoms with Gasteiger partial charge < -0.3 is 15.9 Å². The van der Waals surface area contributed by atoms with Gasteiger partial charge in [-0.05, 0) is 67.7 Å². The Balaban J connectivity index is 0.000000527. The molecule has 27 heavy (non-hydrogen) atoms. The molecule has 5 nitrogen and oxygen atoms in total. The van der Waals surface area contributed by atoms with E-state index in [-0.39, 0.29) is 0 Å². The van der Waals surface area contributed by atoms with E-state index in [2.05, 4.69) is 57.2 Å². The average Bonchev–Trinajstić information content (AvgIpc) is 2.60. The maximum atomic E-state index is 9.10. The molecule has 0 saturated heterocycles. The number of rotatable bonds is 5. The van der Waals surface area contributed by atoms with E-state index in [0.29, 0.717) is 5.41 Å². The first-order valence-electron chi connectivity index (χ1n) is 9.31. The summed E-state index contributed by atoms with van der Waals surface area (Å²) in [7, 11) is 0. The second kappa shape index (κ2) is 10.7. The lowest BCUT2D eigenvalue weighted by molar-refractivity contribution is -0.159. The number of benzene rings is 1. The minimum absolute atomic E-state index is 0.315. The zero-order valence-corrected chi connectivity index (χ0v) is 16.5. The molecule has 2 rings (SSSR count). The van der Waals surface area contributed by atoms with E-state index < -0.39 is 11.9 Å². The molecule has 0 fully saturated rings. The number of allylic oxidation sites excluding steroid dienone is 3. The van der Waals surface area contributed by atoms with E-state index in [4.69, 9.17) is 25.5 Å². The first-order valence-corrected chi connectivity index (χ1v) is 9.31. The summed E-state index contributed by atoms with van der Waals surface area (Å²) in [6.07, 6.45) is 10.6. The lowest BCUT2D eigenvalue weighted by Crippen LogP contribution is -2.18. The number of nitrogens with two attached hydrogens (primary N) is 1. The summed E-state index contributed by atoms with van der Waals surface area (Å²) in [6.45, 7) is 7.79. The summed E-state index contributed by atoms with van der Waals surface area (Å²) in [4.78, 5) is 18.2. The fourth-order valence-corrected chi connectivity index (χ4v) is 3.35. The summed E-state index contributed by atoms with van der Waals surface area (Å²) < 4.78 is 0. The van der Waals surface area contributed by atoms with Crippen LogP contribution in [0.3, 0.4) is 0 Å². The van der Waals surface area contributed by atoms with Gasteiger partial charge in [-0.25, -0.2) is 9.59 Å². The van der Waals surface area contributed by atoms with Crippen LogP contribution in [0.4, 0.5) is 0 Å². The third-order valence-corrected chi connectivity index (χ3v) is 4.79. The molecule has 0 aliphatic heterocycles. The summed E-state index contributed by atoms with van der Waals surface area (Å²) >= 11 is 0. The van der Waals surface area contributed by atoms with Crippen LogP contribution in [0.1, 0.15) is 57.6 Å². The molecule has 1 aromatic carbocycles. The van der Waals surface area contributed by atoms with Crippen molar-refractivity contribution in [3.05, 3.63) is 52.6 Å². The van der Waals surface area contributed by atoms with Crippen LogP contribution < -0.4 is 5.73 Å². The van der Waals surface area contributed by atoms with E-state index in [0.717, 1.165) is 19.4 Å². The standard InChI is InChI=1S/C20H29N.C2H2O4/c1-16-7-5-13-20(2,3)19(16)12-11-18-9-4-8-17(15-18)10-6-14-21;3-1(4)2(5)6/h4,8-9,11-12,15H,5-7,10,13-14,21H2,1-3H3;(H,3,4)(H,5,6). The van der Waals surface area contributed by atoms with Crippen molar-refractivity contribution in [2.45, 2.75) is 52.9 Å². The summed E-state index contributed by atoms with van der Waals surface area (Å²) in [5.41, 5.74) is 11.7. The van der Waals surface area contributed by atoms with Crippen LogP contribution in [0.25, 0.3) is 6.08 Å². The first-order chi connectivity index (χ1) is 12.7. The Hall–Kier alpha value is -2.40. The molecule has 0 unspecified atom stereocenters. The van der Waals surface area contributed by atoms with Gasteiger partial charge in [0, 0.05) is 0 Å². The summed E-state index contributed by atoms with van der Waals surface area (Å²) in [5, 5.41) is 14.8. The number of carboxylic acids is 2. The molecule has 0 atom stereocenters. The number of aliphatic carboxylic acids is 2. The molecule has 0 aromatic heterocycles. The Morgan fingerprint density at radius 2 is 1.85 bits per heavy atom. The molecular formula is C22H31NO4. The van der Waals surface area contributed by atoms with Crippen LogP contribution in [0.5, 0.6) is 0 Å². The molecule has 1 aliphatic rings. The van der Waals surface area contributed by atoms with Gasteiger partial charge in [0.15, 0.2) is 0 Å². The molecule has 148 valence electrons. The Bertz CT molecular complexity index is 705. The second-order valence-electron chi connectivity index (χ2n) is 7.51. The minimum Gasteiger partial charge on any atom is -0.473 e. The van der Waals surface area contributed by atoms with Gasteiger partial charge in [-0.3, -0.25) is 0 Å². The Kier molecular flexibility index (Phi) is 8.95. The molecule has 5 heteroatoms. The lowest BCUT2D eigenvalue weighted by atomic mass is 9.72. The highest BCUT2D eigenvalue weighted by Crippen LogP contribution is 2.40. The summed E-state index contributed by atoms with van der Waals surface area (Å²) in [6, 6.07) is 8.83. The molecule has 1 aromatic rings. The highest BCUT2D eigenvalue weighted by Gasteiger charge is 2.26. The molecule has 0 spiro atoms. The van der Waals surface area contributed by atoms with Crippen molar-refractivity contribution in [2.24, 2.45) is 11.1 Å². The Labute approximate surface area is 161 Å². The van der Waals surface area contributed by atoms with E-state index >= 15 is 0 Å². The monoisotopic (exact) mass is 373 g/mol. The summed E-state index contributed by atoms with van der Waals surface area (Å²) in [5.74, 6) is -3.65. The van der Waals surface area contributed by atoms with Gasteiger partial charge in [0.05, 0.1) is 0 Å². The molecule has 0 bridgehead atoms. The molecule has 1 aliphatic carbocycles. The van der Waals surface area contributed by atoms with Crippen molar-refractivity contribution < 1.29 is 19.8 Å². The lowest BCUT2D eigenvalue weighted by Gasteiger charge is -2.32. The first kappa shape index (κ1) is 22.6. The quantitative estimate of drug-likeness (QED) is 0.669. The van der Waals surface area contributed by atoms with Crippen molar-refractivity contribution in [3.63, 3.8) is 0 Å². The number of carbonyl (C=O) groups is 2. The normalized spacial score (nSPS) is 16.0. The average molecular weight is 373 g/mol. The topological polar surface area (TPSA) is 101 Å². The molecule has 4 N–H and O–H groups in total. The molecular weight excluding hydrogens is 342 g/mol. The van der Waals surface area contributed by atoms with Crippen molar-refractivity contribution in [2.75, 3.05) is 6.54 Å². The largest absolute Gasteiger partial charge is 0.473 e. The van der Waals surface area contributed by atoms with Crippen LogP contribution in [0.2, 0.25) is 0 Å². The van der Waals surface area contributed by atoms with Gasteiger partial charge >= 0.3 is 11.9 Å². The Morgan fingerprint density at radius 3 is 2.41 bits per heavy atom. The van der Waals surface area contributed by atoms with Gasteiger partial charge in [0.1, 0.15) is 0 Å². The molecule has 0 radical (unpaired) electrons. The molecule has 0 amide bonds. The van der Waals surface area contributed by atoms with Crippen LogP contribution >= 0.6 is 0 Å². The van der Waals surface area contributed by atoms with Crippen LogP contribution in [0.15, 0.2) is 41.5 Å². The second-order valence-corrected chi connectivity index (χ2v) is 7.51. The van der Waals surface area contributed by atoms with Crippen molar-refractivity contribution in [3.8, 4) is 0 Å². The highest BCUT2D eigenvalue weighted by atomic mass is 16.4. The van der Waals surface area contributed by atoms with Gasteiger partial charge in [-0.2, -0.15) is 0 Å². The van der Waals surface area contributed by atoms with Gasteiger partial charge in [0.25, 0.3) is 0 Å². The fourth-order valence-electron chi connectivity index (χ4n) is 3.35. The maximum Gasteiger partial charge on any atom is 0.414 e. The van der Waals surface area contributed by atoms with Gasteiger partial charge in [-0.15, -0.1) is 0 Å². The molecule has 0 saturated carbocycles. The van der Waals surface area contributed by atoms with Gasteiger partial charge in [-0.1, -0.05) is 55.8 Å². The predicted molar refractivity (Wildman–Crippen MR) is 108 cm³/mol. The van der Waals surface area contributed by atoms with E-state index in [9.17, 15) is 0 Å². The smallest absolute Gasteiger partial charge is 0.414 e. The van der Waals surface area contributed by atoms with E-state index in [1.54, 1.807) is 5.57 Å². The fraction of sp³-hybridized carbons (Fsp3) is 0.455. The Morgan fingerprint density at radius 1 is 1.19 bits per heavy atom. The molecule has 0 heterocycles. The highest BCUT2D eigenvalue weighted by molar-refractivity contribution is 6.27. The number of aryl methyl sites for hydroxylation is 1. The van der Waals surface area contributed by atoms with Crippen molar-refractivity contribution >= 4 is 18.0 Å². The number of hydrogen-bond donors (Lipinski definition) is 3. The minimum atomic E-state index is -1.82. The van der Waals surface area contributed by atoms with Crippen LogP contribution in [0, 0.1) is 5.41 Å². The zero-order chi connectivity index (χ0) is 20.4. The third kappa shape index (κ3) is 7.79. The van der Waals surface area contributed by atoms with Gasteiger partial charge in [0.2, 0.25) is 0 Å².